The van der Waals surface area contributed by atoms with Gasteiger partial charge in [-0.3, -0.25) is 0 Å². The first-order chi connectivity index (χ1) is 41.2. The van der Waals surface area contributed by atoms with Crippen molar-refractivity contribution in [2.45, 2.75) is 285 Å². The summed E-state index contributed by atoms with van der Waals surface area (Å²) in [5.74, 6) is 0.828. The molecule has 18 N–H and O–H groups in total. The maximum Gasteiger partial charge on any atom is 0.187 e. The van der Waals surface area contributed by atoms with E-state index >= 15 is 0 Å². The van der Waals surface area contributed by atoms with Gasteiger partial charge < -0.3 is 139 Å². The van der Waals surface area contributed by atoms with Crippen LogP contribution in [0.25, 0.3) is 0 Å². The predicted octanol–water partition coefficient (Wildman–Crippen LogP) is -4.38. The summed E-state index contributed by atoms with van der Waals surface area (Å²) in [5.41, 5.74) is -1.21. The van der Waals surface area contributed by atoms with Crippen molar-refractivity contribution in [1.29, 1.82) is 0 Å². The molecule has 28 heteroatoms. The van der Waals surface area contributed by atoms with E-state index in [0.29, 0.717) is 18.8 Å². The molecule has 5 heterocycles. The number of allylic oxidation sites excluding steroid dienone is 1. The van der Waals surface area contributed by atoms with Crippen molar-refractivity contribution in [2.24, 2.45) is 45.3 Å². The molecule has 0 bridgehead atoms. The van der Waals surface area contributed by atoms with Crippen LogP contribution < -0.4 is 0 Å². The van der Waals surface area contributed by atoms with Crippen LogP contribution in [0.1, 0.15) is 113 Å². The van der Waals surface area contributed by atoms with Gasteiger partial charge in [-0.2, -0.15) is 0 Å². The molecule has 3 unspecified atom stereocenters. The molecule has 8 fully saturated rings. The van der Waals surface area contributed by atoms with Crippen LogP contribution in [-0.4, -0.2) is 296 Å². The van der Waals surface area contributed by atoms with E-state index in [0.717, 1.165) is 38.5 Å². The van der Waals surface area contributed by atoms with E-state index in [1.807, 2.05) is 0 Å². The number of hydrogen-bond donors (Lipinski definition) is 18. The number of ether oxygens (including phenoxy) is 10. The largest absolute Gasteiger partial charge is 0.394 e. The number of fused-ring (bicyclic) bond motifs is 5. The maximum absolute atomic E-state index is 11.8. The van der Waals surface area contributed by atoms with Gasteiger partial charge in [-0.25, -0.2) is 0 Å². The van der Waals surface area contributed by atoms with Gasteiger partial charge in [0.05, 0.1) is 50.8 Å². The highest BCUT2D eigenvalue weighted by Gasteiger charge is 2.68. The lowest BCUT2D eigenvalue weighted by Gasteiger charge is -2.66. The van der Waals surface area contributed by atoms with Crippen LogP contribution in [0.3, 0.4) is 0 Å². The average molecular weight is 1270 g/mol. The topological polar surface area (TPSA) is 456 Å². The summed E-state index contributed by atoms with van der Waals surface area (Å²) in [6.45, 7) is 13.5. The molecule has 0 aromatic carbocycles. The first kappa shape index (κ1) is 70.9. The minimum Gasteiger partial charge on any atom is -0.394 e. The molecule has 0 aromatic heterocycles. The second-order valence-electron chi connectivity index (χ2n) is 28.6. The first-order valence-corrected chi connectivity index (χ1v) is 31.5. The zero-order valence-corrected chi connectivity index (χ0v) is 51.5. The van der Waals surface area contributed by atoms with E-state index in [-0.39, 0.29) is 40.4 Å². The van der Waals surface area contributed by atoms with E-state index in [1.165, 1.54) is 5.57 Å². The van der Waals surface area contributed by atoms with Crippen molar-refractivity contribution in [3.05, 3.63) is 11.6 Å². The molecule has 510 valence electrons. The van der Waals surface area contributed by atoms with Gasteiger partial charge in [-0.15, -0.1) is 0 Å². The second-order valence-corrected chi connectivity index (χ2v) is 28.6. The molecule has 5 aliphatic heterocycles. The summed E-state index contributed by atoms with van der Waals surface area (Å²) in [4.78, 5) is 0. The first-order valence-electron chi connectivity index (χ1n) is 31.5. The molecule has 9 aliphatic rings. The van der Waals surface area contributed by atoms with Gasteiger partial charge in [0.25, 0.3) is 0 Å². The average Bonchev–Trinajstić information content (AvgIpc) is 1.42. The van der Waals surface area contributed by atoms with Crippen LogP contribution in [0.5, 0.6) is 0 Å². The summed E-state index contributed by atoms with van der Waals surface area (Å²) in [6.07, 6.45) is -33.6. The lowest BCUT2D eigenvalue weighted by atomic mass is 9.39. The Bertz CT molecular complexity index is 2310. The number of hydrogen-bond acceptors (Lipinski definition) is 28. The molecule has 0 spiro atoms. The molecule has 88 heavy (non-hydrogen) atoms. The molecule has 28 nitrogen and oxygen atoms in total. The van der Waals surface area contributed by atoms with Gasteiger partial charge >= 0.3 is 0 Å². The van der Waals surface area contributed by atoms with Gasteiger partial charge in [-0.1, -0.05) is 53.2 Å². The van der Waals surface area contributed by atoms with Gasteiger partial charge in [0.2, 0.25) is 0 Å². The van der Waals surface area contributed by atoms with Crippen molar-refractivity contribution in [3.8, 4) is 0 Å². The third kappa shape index (κ3) is 13.0. The summed E-state index contributed by atoms with van der Waals surface area (Å²) in [7, 11) is 0. The summed E-state index contributed by atoms with van der Waals surface area (Å²) >= 11 is 0. The maximum atomic E-state index is 11.8. The highest BCUT2D eigenvalue weighted by atomic mass is 16.8. The van der Waals surface area contributed by atoms with E-state index in [4.69, 9.17) is 47.4 Å². The van der Waals surface area contributed by atoms with E-state index in [1.54, 1.807) is 13.8 Å². The van der Waals surface area contributed by atoms with Crippen molar-refractivity contribution < 1.29 is 139 Å². The summed E-state index contributed by atoms with van der Waals surface area (Å²) in [6, 6.07) is 0. The summed E-state index contributed by atoms with van der Waals surface area (Å²) in [5, 5.41) is 192. The highest BCUT2D eigenvalue weighted by molar-refractivity contribution is 5.30. The number of rotatable bonds is 20. The number of aliphatic hydroxyl groups excluding tert-OH is 17. The van der Waals surface area contributed by atoms with Crippen LogP contribution in [-0.2, 0) is 47.4 Å². The Balaban J connectivity index is 0.871. The van der Waals surface area contributed by atoms with Crippen molar-refractivity contribution in [3.63, 3.8) is 0 Å². The van der Waals surface area contributed by atoms with Crippen LogP contribution in [0.15, 0.2) is 11.6 Å². The van der Waals surface area contributed by atoms with Gasteiger partial charge in [-0.05, 0) is 112 Å². The fraction of sp³-hybridized carbons (Fsp3) is 0.967. The van der Waals surface area contributed by atoms with E-state index < -0.39 is 210 Å². The number of aliphatic hydroxyl groups is 18. The molecule has 4 aliphatic carbocycles. The molecule has 0 amide bonds. The Labute approximate surface area is 512 Å². The molecule has 5 saturated heterocycles. The Morgan fingerprint density at radius 3 is 1.44 bits per heavy atom. The Morgan fingerprint density at radius 1 is 0.500 bits per heavy atom. The Kier molecular flexibility index (Phi) is 22.1. The third-order valence-corrected chi connectivity index (χ3v) is 22.8. The molecule has 3 saturated carbocycles. The SMILES string of the molecule is C[C@H](CC[C@@H](O[C@@H]1O[C@H](CO[C@@H]2O[C@H](CO)[C@@H](O)[C@H](O)[C@H]2O)[C@@H](O)[C@H](O)[C@H]1O[C@H]1O[C@@H](CO)[C@H](O)[C@@H](O)[C@@H]1O)C(C)(C)O)C1CC[C@@]2(C)C3CC=C4C(CC[C@H](O[C@@H]5O[C@H](CO[C@@H]6O[C@H](CO)[C@@H](O)[C@H](O)[C@H]6O)[C@@H](O)[C@H](O)[C@H]5O)C4(C)C)[C@]3(C)CC[C@]12C. The van der Waals surface area contributed by atoms with Crippen LogP contribution in [0, 0.1) is 45.3 Å². The molecule has 0 radical (unpaired) electrons. The second kappa shape index (κ2) is 27.4. The zero-order valence-electron chi connectivity index (χ0n) is 51.5. The van der Waals surface area contributed by atoms with E-state index in [2.05, 4.69) is 47.6 Å². The van der Waals surface area contributed by atoms with Crippen molar-refractivity contribution in [2.75, 3.05) is 33.0 Å². The monoisotopic (exact) mass is 1270 g/mol. The van der Waals surface area contributed by atoms with Gasteiger partial charge in [0.1, 0.15) is 122 Å². The Morgan fingerprint density at radius 2 is 0.943 bits per heavy atom. The molecule has 0 aromatic rings. The smallest absolute Gasteiger partial charge is 0.187 e. The molecular weight excluding hydrogens is 1170 g/mol. The third-order valence-electron chi connectivity index (χ3n) is 22.8. The van der Waals surface area contributed by atoms with Gasteiger partial charge in [0.15, 0.2) is 31.5 Å². The fourth-order valence-corrected chi connectivity index (χ4v) is 17.0. The normalized spacial score (nSPS) is 51.4. The van der Waals surface area contributed by atoms with Crippen LogP contribution in [0.4, 0.5) is 0 Å². The van der Waals surface area contributed by atoms with Crippen molar-refractivity contribution in [1.82, 2.24) is 0 Å². The molecule has 34 atom stereocenters. The standard InChI is InChI=1S/C60H102O28/c1-24(9-13-35(57(4,5)78)87-55-50(88-54-49(77)43(71)38(66)30(21-63)83-54)45(73)40(68)32(85-55)23-80-52-47(75)42(70)37(65)29(20-62)82-52)25-15-16-60(8)33-12-10-26-27(58(33,6)17-18-59(25,60)7)11-14-34(56(26,2)3)86-53-48(76)44(72)39(67)31(84-53)22-79-51-46(74)41(69)36(64)28(19-61)81-51/h10,24-25,27-55,61-78H,9,11-23H2,1-8H3/t24-,25?,27?,28-,29-,30+,31-,32-,33?,34+,35-,36-,37-,38+,39-,40-,41+,42+,43-,44+,45+,46-,47-,48-,49+,50-,51-,52-,53+,54-,55+,58+,59-,60+/m1/s1. The van der Waals surface area contributed by atoms with Crippen LogP contribution >= 0.6 is 0 Å². The summed E-state index contributed by atoms with van der Waals surface area (Å²) < 4.78 is 59.5. The Hall–Kier alpha value is -1.38. The minimum atomic E-state index is -1.93. The molecular formula is C60H102O28. The highest BCUT2D eigenvalue weighted by Crippen LogP contribution is 2.75. The lowest BCUT2D eigenvalue weighted by Crippen LogP contribution is -2.65. The van der Waals surface area contributed by atoms with Crippen molar-refractivity contribution >= 4 is 0 Å². The zero-order chi connectivity index (χ0) is 64.7. The van der Waals surface area contributed by atoms with Crippen LogP contribution in [0.2, 0.25) is 0 Å². The molecule has 9 rings (SSSR count). The predicted molar refractivity (Wildman–Crippen MR) is 299 cm³/mol. The fourth-order valence-electron chi connectivity index (χ4n) is 17.0. The van der Waals surface area contributed by atoms with E-state index in [9.17, 15) is 91.9 Å². The lowest BCUT2D eigenvalue weighted by molar-refractivity contribution is -0.380. The van der Waals surface area contributed by atoms with Gasteiger partial charge in [0, 0.05) is 5.41 Å². The minimum absolute atomic E-state index is 0.0854. The quantitative estimate of drug-likeness (QED) is 0.0512.